The number of ether oxygens (including phenoxy) is 1. The smallest absolute Gasteiger partial charge is 0.352 e. The minimum atomic E-state index is -0.366. The van der Waals surface area contributed by atoms with E-state index in [-0.39, 0.29) is 5.97 Å². The Labute approximate surface area is 122 Å². The molecule has 0 unspecified atom stereocenters. The minimum absolute atomic E-state index is 0.330. The molecule has 2 rings (SSSR count). The van der Waals surface area contributed by atoms with Crippen LogP contribution in [-0.4, -0.2) is 22.2 Å². The second kappa shape index (κ2) is 6.96. The molecule has 0 spiro atoms. The summed E-state index contributed by atoms with van der Waals surface area (Å²) in [5.74, 6) is -0.0360. The maximum atomic E-state index is 12.1. The van der Waals surface area contributed by atoms with Crippen LogP contribution >= 0.6 is 11.5 Å². The maximum absolute atomic E-state index is 12.1. The third-order valence-electron chi connectivity index (χ3n) is 2.93. The topological polar surface area (TPSA) is 52.1 Å². The fraction of sp³-hybridized carbons (Fsp3) is 0.267. The number of benzene rings is 1. The van der Waals surface area contributed by atoms with Crippen LogP contribution < -0.4 is 0 Å². The number of esters is 1. The van der Waals surface area contributed by atoms with Crippen LogP contribution in [0.5, 0.6) is 0 Å². The van der Waals surface area contributed by atoms with Gasteiger partial charge in [-0.1, -0.05) is 47.8 Å². The lowest BCUT2D eigenvalue weighted by atomic mass is 10.1. The van der Waals surface area contributed by atoms with E-state index in [0.29, 0.717) is 23.1 Å². The average molecular weight is 288 g/mol. The predicted octanol–water partition coefficient (Wildman–Crippen LogP) is 3.57. The molecule has 1 heterocycles. The van der Waals surface area contributed by atoms with Crippen LogP contribution in [0, 0.1) is 5.92 Å². The van der Waals surface area contributed by atoms with Gasteiger partial charge < -0.3 is 4.74 Å². The zero-order valence-corrected chi connectivity index (χ0v) is 12.1. The van der Waals surface area contributed by atoms with Crippen molar-refractivity contribution in [2.75, 3.05) is 6.61 Å². The molecule has 4 nitrogen and oxygen atoms in total. The summed E-state index contributed by atoms with van der Waals surface area (Å²) in [6.45, 7) is 6.11. The van der Waals surface area contributed by atoms with Gasteiger partial charge in [0.25, 0.3) is 0 Å². The second-order valence-corrected chi connectivity index (χ2v) is 5.21. The van der Waals surface area contributed by atoms with Crippen molar-refractivity contribution in [1.82, 2.24) is 9.59 Å². The molecule has 0 N–H and O–H groups in total. The van der Waals surface area contributed by atoms with Crippen molar-refractivity contribution in [1.29, 1.82) is 0 Å². The van der Waals surface area contributed by atoms with Gasteiger partial charge in [0.05, 0.1) is 6.61 Å². The van der Waals surface area contributed by atoms with Gasteiger partial charge in [0.15, 0.2) is 4.88 Å². The summed E-state index contributed by atoms with van der Waals surface area (Å²) in [6.07, 6.45) is 2.61. The van der Waals surface area contributed by atoms with E-state index in [2.05, 4.69) is 16.2 Å². The Bertz CT molecular complexity index is 581. The van der Waals surface area contributed by atoms with E-state index in [1.807, 2.05) is 43.3 Å². The van der Waals surface area contributed by atoms with Crippen LogP contribution in [0.3, 0.4) is 0 Å². The third-order valence-corrected chi connectivity index (χ3v) is 3.64. The van der Waals surface area contributed by atoms with Gasteiger partial charge in [-0.2, -0.15) is 0 Å². The molecule has 20 heavy (non-hydrogen) atoms. The number of rotatable bonds is 6. The van der Waals surface area contributed by atoms with Gasteiger partial charge in [-0.3, -0.25) is 0 Å². The van der Waals surface area contributed by atoms with Crippen LogP contribution in [0.25, 0.3) is 11.3 Å². The zero-order chi connectivity index (χ0) is 14.4. The molecule has 0 aliphatic rings. The molecule has 5 heteroatoms. The Morgan fingerprint density at radius 2 is 2.20 bits per heavy atom. The standard InChI is InChI=1S/C15H16N2O2S/c1-3-11(2)9-10-19-15(18)14-13(16-17-20-14)12-7-5-4-6-8-12/h3-8,11H,1,9-10H2,2H3/t11-/m1/s1. The lowest BCUT2D eigenvalue weighted by molar-refractivity contribution is 0.0498. The number of carbonyl (C=O) groups is 1. The zero-order valence-electron chi connectivity index (χ0n) is 11.3. The quantitative estimate of drug-likeness (QED) is 0.602. The molecule has 0 amide bonds. The SMILES string of the molecule is C=C[C@@H](C)CCOC(=O)c1snnc1-c1ccccc1. The summed E-state index contributed by atoms with van der Waals surface area (Å²) in [4.78, 5) is 12.5. The van der Waals surface area contributed by atoms with Crippen molar-refractivity contribution >= 4 is 17.5 Å². The van der Waals surface area contributed by atoms with E-state index in [4.69, 9.17) is 4.74 Å². The van der Waals surface area contributed by atoms with E-state index in [1.165, 1.54) is 0 Å². The highest BCUT2D eigenvalue weighted by molar-refractivity contribution is 7.08. The fourth-order valence-corrected chi connectivity index (χ4v) is 2.21. The first-order valence-corrected chi connectivity index (χ1v) is 7.17. The Morgan fingerprint density at radius 3 is 2.90 bits per heavy atom. The summed E-state index contributed by atoms with van der Waals surface area (Å²) >= 11 is 1.06. The molecule has 0 saturated carbocycles. The Balaban J connectivity index is 2.05. The minimum Gasteiger partial charge on any atom is -0.461 e. The van der Waals surface area contributed by atoms with Gasteiger partial charge in [0.2, 0.25) is 0 Å². The van der Waals surface area contributed by atoms with Crippen LogP contribution in [0.15, 0.2) is 43.0 Å². The molecule has 1 atom stereocenters. The molecule has 0 aliphatic heterocycles. The number of carbonyl (C=O) groups excluding carboxylic acids is 1. The van der Waals surface area contributed by atoms with Crippen LogP contribution in [0.4, 0.5) is 0 Å². The van der Waals surface area contributed by atoms with E-state index in [9.17, 15) is 4.79 Å². The highest BCUT2D eigenvalue weighted by Gasteiger charge is 2.19. The molecule has 104 valence electrons. The van der Waals surface area contributed by atoms with Crippen molar-refractivity contribution in [2.45, 2.75) is 13.3 Å². The van der Waals surface area contributed by atoms with Crippen molar-refractivity contribution in [3.63, 3.8) is 0 Å². The fourth-order valence-electron chi connectivity index (χ4n) is 1.63. The van der Waals surface area contributed by atoms with Gasteiger partial charge in [0, 0.05) is 5.56 Å². The van der Waals surface area contributed by atoms with Gasteiger partial charge in [-0.05, 0) is 23.9 Å². The molecule has 0 fully saturated rings. The lowest BCUT2D eigenvalue weighted by Gasteiger charge is -2.06. The van der Waals surface area contributed by atoms with Gasteiger partial charge >= 0.3 is 5.97 Å². The van der Waals surface area contributed by atoms with E-state index in [0.717, 1.165) is 23.5 Å². The summed E-state index contributed by atoms with van der Waals surface area (Å²) in [5, 5.41) is 4.02. The van der Waals surface area contributed by atoms with E-state index in [1.54, 1.807) is 0 Å². The molecule has 0 bridgehead atoms. The third kappa shape index (κ3) is 3.51. The first-order valence-electron chi connectivity index (χ1n) is 6.40. The Hall–Kier alpha value is -2.01. The van der Waals surface area contributed by atoms with Crippen molar-refractivity contribution in [3.05, 3.63) is 47.9 Å². The number of allylic oxidation sites excluding steroid dienone is 1. The normalized spacial score (nSPS) is 11.8. The number of hydrogen-bond donors (Lipinski definition) is 0. The first-order chi connectivity index (χ1) is 9.72. The Kier molecular flexibility index (Phi) is 5.01. The average Bonchev–Trinajstić information content (AvgIpc) is 2.97. The molecular formula is C15H16N2O2S. The molecule has 1 aromatic carbocycles. The molecule has 1 aromatic heterocycles. The largest absolute Gasteiger partial charge is 0.461 e. The highest BCUT2D eigenvalue weighted by Crippen LogP contribution is 2.24. The number of hydrogen-bond acceptors (Lipinski definition) is 5. The van der Waals surface area contributed by atoms with Crippen molar-refractivity contribution in [3.8, 4) is 11.3 Å². The second-order valence-electron chi connectivity index (χ2n) is 4.45. The van der Waals surface area contributed by atoms with Crippen molar-refractivity contribution in [2.24, 2.45) is 5.92 Å². The summed E-state index contributed by atoms with van der Waals surface area (Å²) < 4.78 is 9.12. The van der Waals surface area contributed by atoms with Gasteiger partial charge in [-0.15, -0.1) is 11.7 Å². The molecule has 0 saturated heterocycles. The predicted molar refractivity (Wildman–Crippen MR) is 79.6 cm³/mol. The monoisotopic (exact) mass is 288 g/mol. The summed E-state index contributed by atoms with van der Waals surface area (Å²) in [7, 11) is 0. The van der Waals surface area contributed by atoms with Gasteiger partial charge in [0.1, 0.15) is 5.69 Å². The summed E-state index contributed by atoms with van der Waals surface area (Å²) in [6, 6.07) is 9.50. The van der Waals surface area contributed by atoms with E-state index < -0.39 is 0 Å². The molecular weight excluding hydrogens is 272 g/mol. The van der Waals surface area contributed by atoms with E-state index >= 15 is 0 Å². The molecule has 2 aromatic rings. The van der Waals surface area contributed by atoms with Crippen LogP contribution in [0.2, 0.25) is 0 Å². The van der Waals surface area contributed by atoms with Crippen LogP contribution in [0.1, 0.15) is 23.0 Å². The Morgan fingerprint density at radius 1 is 1.45 bits per heavy atom. The van der Waals surface area contributed by atoms with Crippen molar-refractivity contribution < 1.29 is 9.53 Å². The van der Waals surface area contributed by atoms with Gasteiger partial charge in [-0.25, -0.2) is 4.79 Å². The first kappa shape index (κ1) is 14.4. The molecule has 0 radical (unpaired) electrons. The lowest BCUT2D eigenvalue weighted by Crippen LogP contribution is -2.08. The number of aromatic nitrogens is 2. The molecule has 0 aliphatic carbocycles. The van der Waals surface area contributed by atoms with Crippen LogP contribution in [-0.2, 0) is 4.74 Å². The maximum Gasteiger partial charge on any atom is 0.352 e. The summed E-state index contributed by atoms with van der Waals surface area (Å²) in [5.41, 5.74) is 1.45. The number of nitrogens with zero attached hydrogens (tertiary/aromatic N) is 2. The highest BCUT2D eigenvalue weighted by atomic mass is 32.1.